The summed E-state index contributed by atoms with van der Waals surface area (Å²) in [5.74, 6) is 1.13. The third-order valence-corrected chi connectivity index (χ3v) is 4.08. The summed E-state index contributed by atoms with van der Waals surface area (Å²) in [7, 11) is 0. The molecule has 2 N–H and O–H groups in total. The van der Waals surface area contributed by atoms with Gasteiger partial charge in [-0.05, 0) is 57.9 Å². The minimum absolute atomic E-state index is 0.298. The van der Waals surface area contributed by atoms with Crippen molar-refractivity contribution in [1.82, 2.24) is 5.32 Å². The molecule has 2 nitrogen and oxygen atoms in total. The minimum Gasteiger partial charge on any atom is -0.507 e. The molecule has 88 valence electrons. The van der Waals surface area contributed by atoms with Gasteiger partial charge in [0.1, 0.15) is 5.75 Å². The highest BCUT2D eigenvalue weighted by atomic mass is 79.9. The lowest BCUT2D eigenvalue weighted by Crippen LogP contribution is -2.18. The van der Waals surface area contributed by atoms with E-state index in [2.05, 4.69) is 35.1 Å². The van der Waals surface area contributed by atoms with Gasteiger partial charge >= 0.3 is 0 Å². The van der Waals surface area contributed by atoms with Crippen LogP contribution in [0.4, 0.5) is 0 Å². The van der Waals surface area contributed by atoms with E-state index in [0.717, 1.165) is 23.5 Å². The molecular weight excluding hydrogens is 266 g/mol. The number of phenolic OH excluding ortho intramolecular Hbond substituents is 1. The van der Waals surface area contributed by atoms with Gasteiger partial charge in [0.15, 0.2) is 0 Å². The molecule has 0 aliphatic heterocycles. The number of phenols is 1. The van der Waals surface area contributed by atoms with Gasteiger partial charge in [0, 0.05) is 6.54 Å². The lowest BCUT2D eigenvalue weighted by atomic mass is 10.1. The predicted molar refractivity (Wildman–Crippen MR) is 69.4 cm³/mol. The molecule has 3 heteroatoms. The second-order valence-corrected chi connectivity index (χ2v) is 6.16. The van der Waals surface area contributed by atoms with E-state index < -0.39 is 0 Å². The molecule has 1 atom stereocenters. The van der Waals surface area contributed by atoms with Gasteiger partial charge in [0.2, 0.25) is 0 Å². The van der Waals surface area contributed by atoms with E-state index in [1.165, 1.54) is 12.0 Å². The van der Waals surface area contributed by atoms with Crippen LogP contribution in [0.5, 0.6) is 5.75 Å². The number of nitrogens with one attached hydrogen (secondary N) is 1. The predicted octanol–water partition coefficient (Wildman–Crippen LogP) is 3.29. The normalized spacial score (nSPS) is 22.1. The van der Waals surface area contributed by atoms with Crippen molar-refractivity contribution < 1.29 is 5.11 Å². The Hall–Kier alpha value is -0.540. The Labute approximate surface area is 105 Å². The van der Waals surface area contributed by atoms with Gasteiger partial charge in [-0.2, -0.15) is 0 Å². The van der Waals surface area contributed by atoms with Crippen LogP contribution in [0.2, 0.25) is 0 Å². The maximum atomic E-state index is 9.37. The fourth-order valence-corrected chi connectivity index (χ4v) is 2.40. The maximum absolute atomic E-state index is 9.37. The topological polar surface area (TPSA) is 32.3 Å². The summed E-state index contributed by atoms with van der Waals surface area (Å²) < 4.78 is 0.763. The smallest absolute Gasteiger partial charge is 0.129 e. The quantitative estimate of drug-likeness (QED) is 0.889. The van der Waals surface area contributed by atoms with E-state index in [4.69, 9.17) is 0 Å². The third-order valence-electron chi connectivity index (χ3n) is 3.45. The fraction of sp³-hybridized carbons (Fsp3) is 0.538. The zero-order chi connectivity index (χ0) is 11.8. The van der Waals surface area contributed by atoms with Crippen molar-refractivity contribution in [3.05, 3.63) is 28.2 Å². The second kappa shape index (κ2) is 4.38. The van der Waals surface area contributed by atoms with Crippen LogP contribution in [0, 0.1) is 11.3 Å². The average Bonchev–Trinajstić information content (AvgIpc) is 2.80. The van der Waals surface area contributed by atoms with E-state index in [-0.39, 0.29) is 0 Å². The lowest BCUT2D eigenvalue weighted by Gasteiger charge is -2.07. The van der Waals surface area contributed by atoms with Gasteiger partial charge in [-0.15, -0.1) is 0 Å². The van der Waals surface area contributed by atoms with Crippen molar-refractivity contribution >= 4 is 15.9 Å². The number of aromatic hydroxyl groups is 1. The number of hydrogen-bond acceptors (Lipinski definition) is 2. The van der Waals surface area contributed by atoms with E-state index in [0.29, 0.717) is 11.2 Å². The van der Waals surface area contributed by atoms with Crippen molar-refractivity contribution in [1.29, 1.82) is 0 Å². The molecule has 0 spiro atoms. The fourth-order valence-electron chi connectivity index (χ4n) is 1.98. The summed E-state index contributed by atoms with van der Waals surface area (Å²) in [6.45, 7) is 6.59. The first kappa shape index (κ1) is 11.9. The van der Waals surface area contributed by atoms with Crippen LogP contribution in [0.25, 0.3) is 0 Å². The summed E-state index contributed by atoms with van der Waals surface area (Å²) in [5.41, 5.74) is 1.74. The standard InChI is InChI=1S/C13H18BrNO/c1-13(2)6-10(13)8-15-7-9-3-4-12(16)11(14)5-9/h3-5,10,15-16H,6-8H2,1-2H3. The Balaban J connectivity index is 1.79. The number of halogens is 1. The molecule has 1 fully saturated rings. The molecule has 16 heavy (non-hydrogen) atoms. The highest BCUT2D eigenvalue weighted by Crippen LogP contribution is 2.50. The number of hydrogen-bond donors (Lipinski definition) is 2. The molecule has 1 aliphatic rings. The molecule has 1 aromatic rings. The van der Waals surface area contributed by atoms with Crippen molar-refractivity contribution in [2.45, 2.75) is 26.8 Å². The van der Waals surface area contributed by atoms with Gasteiger partial charge in [0.25, 0.3) is 0 Å². The van der Waals surface area contributed by atoms with Gasteiger partial charge in [-0.25, -0.2) is 0 Å². The van der Waals surface area contributed by atoms with Gasteiger partial charge in [0.05, 0.1) is 4.47 Å². The lowest BCUT2D eigenvalue weighted by molar-refractivity contribution is 0.471. The van der Waals surface area contributed by atoms with Crippen molar-refractivity contribution in [2.24, 2.45) is 11.3 Å². The third kappa shape index (κ3) is 2.77. The number of rotatable bonds is 4. The van der Waals surface area contributed by atoms with E-state index in [1.807, 2.05) is 12.1 Å². The molecule has 0 heterocycles. The van der Waals surface area contributed by atoms with Crippen LogP contribution < -0.4 is 5.32 Å². The maximum Gasteiger partial charge on any atom is 0.129 e. The monoisotopic (exact) mass is 283 g/mol. The first-order chi connectivity index (χ1) is 7.49. The van der Waals surface area contributed by atoms with Crippen molar-refractivity contribution in [3.8, 4) is 5.75 Å². The van der Waals surface area contributed by atoms with E-state index >= 15 is 0 Å². The molecular formula is C13H18BrNO. The van der Waals surface area contributed by atoms with Crippen LogP contribution in [0.3, 0.4) is 0 Å². The first-order valence-electron chi connectivity index (χ1n) is 5.67. The molecule has 1 aliphatic carbocycles. The van der Waals surface area contributed by atoms with Crippen LogP contribution in [0.1, 0.15) is 25.8 Å². The summed E-state index contributed by atoms with van der Waals surface area (Å²) >= 11 is 3.32. The summed E-state index contributed by atoms with van der Waals surface area (Å²) in [4.78, 5) is 0. The second-order valence-electron chi connectivity index (χ2n) is 5.31. The summed E-state index contributed by atoms with van der Waals surface area (Å²) in [6.07, 6.45) is 1.33. The zero-order valence-electron chi connectivity index (χ0n) is 9.76. The highest BCUT2D eigenvalue weighted by molar-refractivity contribution is 9.10. The zero-order valence-corrected chi connectivity index (χ0v) is 11.3. The molecule has 1 saturated carbocycles. The Kier molecular flexibility index (Phi) is 3.27. The molecule has 0 bridgehead atoms. The molecule has 0 amide bonds. The van der Waals surface area contributed by atoms with Crippen LogP contribution in [-0.2, 0) is 6.54 Å². The summed E-state index contributed by atoms with van der Waals surface area (Å²) in [6, 6.07) is 5.63. The van der Waals surface area contributed by atoms with Gasteiger partial charge in [-0.1, -0.05) is 19.9 Å². The Morgan fingerprint density at radius 2 is 2.19 bits per heavy atom. The largest absolute Gasteiger partial charge is 0.507 e. The summed E-state index contributed by atoms with van der Waals surface area (Å²) in [5, 5.41) is 12.8. The van der Waals surface area contributed by atoms with Gasteiger partial charge in [-0.3, -0.25) is 0 Å². The molecule has 0 radical (unpaired) electrons. The van der Waals surface area contributed by atoms with Crippen molar-refractivity contribution in [3.63, 3.8) is 0 Å². The van der Waals surface area contributed by atoms with Crippen LogP contribution in [-0.4, -0.2) is 11.7 Å². The Morgan fingerprint density at radius 3 is 2.75 bits per heavy atom. The average molecular weight is 284 g/mol. The Morgan fingerprint density at radius 1 is 1.50 bits per heavy atom. The molecule has 0 aromatic heterocycles. The van der Waals surface area contributed by atoms with E-state index in [9.17, 15) is 5.11 Å². The molecule has 1 unspecified atom stereocenters. The van der Waals surface area contributed by atoms with E-state index in [1.54, 1.807) is 6.07 Å². The molecule has 0 saturated heterocycles. The first-order valence-corrected chi connectivity index (χ1v) is 6.46. The van der Waals surface area contributed by atoms with Gasteiger partial charge < -0.3 is 10.4 Å². The van der Waals surface area contributed by atoms with Crippen LogP contribution >= 0.6 is 15.9 Å². The Bertz CT molecular complexity index is 390. The minimum atomic E-state index is 0.298. The highest BCUT2D eigenvalue weighted by Gasteiger charge is 2.44. The molecule has 1 aromatic carbocycles. The SMILES string of the molecule is CC1(C)CC1CNCc1ccc(O)c(Br)c1. The van der Waals surface area contributed by atoms with Crippen LogP contribution in [0.15, 0.2) is 22.7 Å². The number of benzene rings is 1. The van der Waals surface area contributed by atoms with Crippen molar-refractivity contribution in [2.75, 3.05) is 6.54 Å². The molecule has 2 rings (SSSR count).